The van der Waals surface area contributed by atoms with Crippen LogP contribution in [0.15, 0.2) is 52.3 Å². The molecule has 0 atom stereocenters. The molecule has 0 fully saturated rings. The molecule has 4 N–H and O–H groups in total. The molecule has 0 bridgehead atoms. The van der Waals surface area contributed by atoms with Crippen molar-refractivity contribution in [2.75, 3.05) is 4.72 Å². The number of pyridine rings is 1. The van der Waals surface area contributed by atoms with E-state index in [1.807, 2.05) is 0 Å². The molecule has 8 nitrogen and oxygen atoms in total. The van der Waals surface area contributed by atoms with Gasteiger partial charge >= 0.3 is 5.97 Å². The van der Waals surface area contributed by atoms with Crippen LogP contribution in [-0.4, -0.2) is 29.5 Å². The van der Waals surface area contributed by atoms with Crippen molar-refractivity contribution in [3.05, 3.63) is 69.9 Å². The summed E-state index contributed by atoms with van der Waals surface area (Å²) in [7, 11) is -4.01. The van der Waals surface area contributed by atoms with Gasteiger partial charge in [-0.05, 0) is 60.9 Å². The highest BCUT2D eigenvalue weighted by atomic mass is 32.2. The van der Waals surface area contributed by atoms with Crippen LogP contribution in [0, 0.1) is 12.7 Å². The molecule has 4 rings (SSSR count). The Morgan fingerprint density at radius 2 is 1.97 bits per heavy atom. The third-order valence-corrected chi connectivity index (χ3v) is 6.41. The monoisotopic (exact) mass is 443 g/mol. The lowest BCUT2D eigenvalue weighted by molar-refractivity contribution is -0.136. The summed E-state index contributed by atoms with van der Waals surface area (Å²) in [5.41, 5.74) is 1.55. The number of halogens is 1. The zero-order valence-corrected chi connectivity index (χ0v) is 17.1. The fourth-order valence-electron chi connectivity index (χ4n) is 3.53. The second-order valence-electron chi connectivity index (χ2n) is 7.18. The Labute approximate surface area is 175 Å². The summed E-state index contributed by atoms with van der Waals surface area (Å²) in [4.78, 5) is 28.8. The highest BCUT2D eigenvalue weighted by molar-refractivity contribution is 7.92. The Bertz CT molecular complexity index is 1510. The van der Waals surface area contributed by atoms with Gasteiger partial charge in [0, 0.05) is 28.9 Å². The lowest BCUT2D eigenvalue weighted by atomic mass is 10.0. The molecule has 0 amide bonds. The van der Waals surface area contributed by atoms with Crippen LogP contribution in [0.3, 0.4) is 0 Å². The first kappa shape index (κ1) is 20.6. The maximum atomic E-state index is 13.3. The van der Waals surface area contributed by atoms with Crippen molar-refractivity contribution in [3.8, 4) is 0 Å². The highest BCUT2D eigenvalue weighted by Gasteiger charge is 2.19. The van der Waals surface area contributed by atoms with Gasteiger partial charge in [-0.15, -0.1) is 0 Å². The van der Waals surface area contributed by atoms with Gasteiger partial charge in [-0.1, -0.05) is 0 Å². The van der Waals surface area contributed by atoms with Crippen molar-refractivity contribution in [3.63, 3.8) is 0 Å². The first-order chi connectivity index (χ1) is 14.7. The quantitative estimate of drug-likeness (QED) is 0.363. The van der Waals surface area contributed by atoms with Crippen LogP contribution >= 0.6 is 0 Å². The summed E-state index contributed by atoms with van der Waals surface area (Å²) in [5, 5.41) is 9.94. The van der Waals surface area contributed by atoms with Gasteiger partial charge in [0.05, 0.1) is 10.6 Å². The topological polar surface area (TPSA) is 132 Å². The fraction of sp³-hybridized carbons (Fsp3) is 0.143. The molecule has 0 spiro atoms. The number of aryl methyl sites for hydroxylation is 2. The number of aromatic nitrogens is 2. The Hall–Kier alpha value is -3.66. The number of anilines is 1. The summed E-state index contributed by atoms with van der Waals surface area (Å²) in [6.45, 7) is 1.59. The largest absolute Gasteiger partial charge is 0.481 e. The van der Waals surface area contributed by atoms with Crippen molar-refractivity contribution in [2.24, 2.45) is 0 Å². The summed E-state index contributed by atoms with van der Waals surface area (Å²) in [6, 6.07) is 7.99. The average Bonchev–Trinajstić information content (AvgIpc) is 3.13. The number of benzene rings is 2. The normalized spacial score (nSPS) is 11.8. The molecule has 0 saturated heterocycles. The smallest absolute Gasteiger partial charge is 0.303 e. The van der Waals surface area contributed by atoms with Gasteiger partial charge in [-0.25, -0.2) is 12.8 Å². The van der Waals surface area contributed by atoms with Gasteiger partial charge in [-0.2, -0.15) is 0 Å². The van der Waals surface area contributed by atoms with Crippen molar-refractivity contribution < 1.29 is 22.7 Å². The number of hydrogen-bond donors (Lipinski definition) is 4. The van der Waals surface area contributed by atoms with Crippen LogP contribution in [0.25, 0.3) is 21.8 Å². The van der Waals surface area contributed by atoms with E-state index in [0.717, 1.165) is 6.07 Å². The number of fused-ring (bicyclic) bond motifs is 3. The number of hydrogen-bond acceptors (Lipinski definition) is 4. The predicted molar refractivity (Wildman–Crippen MR) is 114 cm³/mol. The predicted octanol–water partition coefficient (Wildman–Crippen LogP) is 3.27. The Kier molecular flexibility index (Phi) is 5.02. The van der Waals surface area contributed by atoms with Gasteiger partial charge in [-0.3, -0.25) is 14.3 Å². The highest BCUT2D eigenvalue weighted by Crippen LogP contribution is 2.29. The van der Waals surface area contributed by atoms with Crippen LogP contribution in [0.2, 0.25) is 0 Å². The number of carbonyl (C=O) groups is 1. The first-order valence-corrected chi connectivity index (χ1v) is 10.8. The third-order valence-electron chi connectivity index (χ3n) is 5.05. The van der Waals surface area contributed by atoms with Crippen molar-refractivity contribution in [1.29, 1.82) is 0 Å². The van der Waals surface area contributed by atoms with Gasteiger partial charge in [0.25, 0.3) is 15.6 Å². The second-order valence-corrected chi connectivity index (χ2v) is 8.87. The maximum Gasteiger partial charge on any atom is 0.303 e. The van der Waals surface area contributed by atoms with E-state index in [1.54, 1.807) is 13.1 Å². The van der Waals surface area contributed by atoms with Gasteiger partial charge < -0.3 is 15.1 Å². The molecule has 0 radical (unpaired) electrons. The van der Waals surface area contributed by atoms with E-state index < -0.39 is 21.8 Å². The number of nitrogens with one attached hydrogen (secondary N) is 3. The van der Waals surface area contributed by atoms with E-state index in [4.69, 9.17) is 5.11 Å². The minimum absolute atomic E-state index is 0.0533. The van der Waals surface area contributed by atoms with Gasteiger partial charge in [0.15, 0.2) is 0 Å². The Balaban J connectivity index is 1.85. The molecule has 2 aromatic carbocycles. The summed E-state index contributed by atoms with van der Waals surface area (Å²) < 4.78 is 41.7. The molecule has 0 unspecified atom stereocenters. The zero-order chi connectivity index (χ0) is 22.3. The zero-order valence-electron chi connectivity index (χ0n) is 16.3. The average molecular weight is 443 g/mol. The van der Waals surface area contributed by atoms with E-state index in [2.05, 4.69) is 14.7 Å². The van der Waals surface area contributed by atoms with E-state index in [-0.39, 0.29) is 34.5 Å². The van der Waals surface area contributed by atoms with Gasteiger partial charge in [0.1, 0.15) is 11.3 Å². The molecule has 0 aliphatic heterocycles. The number of H-pyrrole nitrogens is 2. The molecule has 2 heterocycles. The van der Waals surface area contributed by atoms with Crippen LogP contribution in [0.4, 0.5) is 10.1 Å². The van der Waals surface area contributed by atoms with Crippen LogP contribution in [-0.2, 0) is 21.2 Å². The van der Waals surface area contributed by atoms with Gasteiger partial charge in [0.2, 0.25) is 0 Å². The lowest BCUT2D eigenvalue weighted by Crippen LogP contribution is -2.14. The molecule has 4 aromatic rings. The third kappa shape index (κ3) is 3.89. The summed E-state index contributed by atoms with van der Waals surface area (Å²) in [5.74, 6) is -1.45. The van der Waals surface area contributed by atoms with Crippen LogP contribution < -0.4 is 10.3 Å². The number of carboxylic acids is 1. The van der Waals surface area contributed by atoms with Crippen LogP contribution in [0.5, 0.6) is 0 Å². The molecule has 0 saturated carbocycles. The Morgan fingerprint density at radius 1 is 1.19 bits per heavy atom. The molecule has 160 valence electrons. The molecular weight excluding hydrogens is 425 g/mol. The number of aromatic amines is 2. The minimum atomic E-state index is -4.01. The number of carboxylic acid groups (broad SMARTS) is 1. The first-order valence-electron chi connectivity index (χ1n) is 9.32. The van der Waals surface area contributed by atoms with Crippen LogP contribution in [0.1, 0.15) is 17.5 Å². The molecule has 2 aromatic heterocycles. The molecular formula is C21H18FN3O5S. The van der Waals surface area contributed by atoms with E-state index in [0.29, 0.717) is 27.4 Å². The number of aliphatic carboxylic acids is 1. The molecule has 0 aliphatic rings. The van der Waals surface area contributed by atoms with E-state index in [1.165, 1.54) is 30.3 Å². The van der Waals surface area contributed by atoms with Crippen molar-refractivity contribution >= 4 is 43.5 Å². The number of sulfonamides is 1. The molecule has 31 heavy (non-hydrogen) atoms. The fourth-order valence-corrected chi connectivity index (χ4v) is 4.68. The molecule has 0 aliphatic carbocycles. The molecule has 10 heteroatoms. The van der Waals surface area contributed by atoms with E-state index >= 15 is 0 Å². The number of rotatable bonds is 6. The van der Waals surface area contributed by atoms with Crippen molar-refractivity contribution in [1.82, 2.24) is 9.97 Å². The summed E-state index contributed by atoms with van der Waals surface area (Å²) >= 11 is 0. The van der Waals surface area contributed by atoms with E-state index in [9.17, 15) is 22.4 Å². The second kappa shape index (κ2) is 7.55. The lowest BCUT2D eigenvalue weighted by Gasteiger charge is -2.12. The summed E-state index contributed by atoms with van der Waals surface area (Å²) in [6.07, 6.45) is 1.60. The standard InChI is InChI=1S/C21H18FN3O5S/c1-11-8-13(22)3-5-16(11)25-31(29,30)14-4-6-17-15(9-14)19-12(2-7-18(26)27)10-23-20(19)21(28)24-17/h3-6,8-10,23,25H,2,7H2,1H3,(H,24,28)(H,26,27). The maximum absolute atomic E-state index is 13.3. The van der Waals surface area contributed by atoms with Crippen molar-refractivity contribution in [2.45, 2.75) is 24.7 Å². The SMILES string of the molecule is Cc1cc(F)ccc1NS(=O)(=O)c1ccc2[nH]c(=O)c3[nH]cc(CCC(=O)O)c3c2c1. The minimum Gasteiger partial charge on any atom is -0.481 e. The Morgan fingerprint density at radius 3 is 2.68 bits per heavy atom.